The quantitative estimate of drug-likeness (QED) is 0.533. The van der Waals surface area contributed by atoms with Gasteiger partial charge in [0.15, 0.2) is 0 Å². The lowest BCUT2D eigenvalue weighted by atomic mass is 10.2. The number of amides is 1. The number of halogens is 2. The predicted molar refractivity (Wildman–Crippen MR) is 79.6 cm³/mol. The fraction of sp³-hybridized carbons (Fsp3) is 0. The van der Waals surface area contributed by atoms with Crippen LogP contribution in [0.5, 0.6) is 0 Å². The van der Waals surface area contributed by atoms with Gasteiger partial charge >= 0.3 is 0 Å². The van der Waals surface area contributed by atoms with E-state index in [9.17, 15) is 19.3 Å². The SMILES string of the molecule is O=C(N/N=C/c1cc([N+](=O)[O-])ccc1Cl)c1ccc(F)cc1. The third kappa shape index (κ3) is 3.86. The first kappa shape index (κ1) is 15.6. The van der Waals surface area contributed by atoms with Gasteiger partial charge in [0, 0.05) is 28.3 Å². The molecule has 0 radical (unpaired) electrons. The molecule has 0 unspecified atom stereocenters. The van der Waals surface area contributed by atoms with E-state index in [1.54, 1.807) is 0 Å². The van der Waals surface area contributed by atoms with Crippen molar-refractivity contribution >= 4 is 29.4 Å². The Bertz CT molecular complexity index is 747. The molecule has 8 heteroatoms. The van der Waals surface area contributed by atoms with Gasteiger partial charge in [-0.15, -0.1) is 0 Å². The summed E-state index contributed by atoms with van der Waals surface area (Å²) in [4.78, 5) is 21.8. The molecule has 112 valence electrons. The largest absolute Gasteiger partial charge is 0.271 e. The van der Waals surface area contributed by atoms with Crippen LogP contribution in [0.3, 0.4) is 0 Å². The fourth-order valence-corrected chi connectivity index (χ4v) is 1.74. The molecule has 6 nitrogen and oxygen atoms in total. The van der Waals surface area contributed by atoms with Gasteiger partial charge in [0.05, 0.1) is 11.1 Å². The van der Waals surface area contributed by atoms with Crippen molar-refractivity contribution in [1.82, 2.24) is 5.43 Å². The zero-order chi connectivity index (χ0) is 16.1. The Balaban J connectivity index is 2.09. The van der Waals surface area contributed by atoms with Crippen LogP contribution in [0.25, 0.3) is 0 Å². The molecule has 0 aliphatic heterocycles. The summed E-state index contributed by atoms with van der Waals surface area (Å²) < 4.78 is 12.7. The number of carbonyl (C=O) groups is 1. The van der Waals surface area contributed by atoms with E-state index in [2.05, 4.69) is 10.5 Å². The topological polar surface area (TPSA) is 84.6 Å². The normalized spacial score (nSPS) is 10.6. The molecule has 0 heterocycles. The monoisotopic (exact) mass is 321 g/mol. The van der Waals surface area contributed by atoms with Gasteiger partial charge in [-0.1, -0.05) is 11.6 Å². The first-order chi connectivity index (χ1) is 10.5. The highest BCUT2D eigenvalue weighted by molar-refractivity contribution is 6.33. The van der Waals surface area contributed by atoms with Gasteiger partial charge in [0.25, 0.3) is 11.6 Å². The zero-order valence-electron chi connectivity index (χ0n) is 11.0. The Kier molecular flexibility index (Phi) is 4.80. The molecule has 0 bridgehead atoms. The molecule has 22 heavy (non-hydrogen) atoms. The number of nitro groups is 1. The number of nitrogens with zero attached hydrogens (tertiary/aromatic N) is 2. The summed E-state index contributed by atoms with van der Waals surface area (Å²) in [6, 6.07) is 8.77. The number of benzene rings is 2. The molecule has 2 aromatic rings. The smallest absolute Gasteiger partial charge is 0.267 e. The van der Waals surface area contributed by atoms with Gasteiger partial charge in [-0.2, -0.15) is 5.10 Å². The lowest BCUT2D eigenvalue weighted by molar-refractivity contribution is -0.384. The van der Waals surface area contributed by atoms with E-state index in [4.69, 9.17) is 11.6 Å². The number of nitro benzene ring substituents is 1. The van der Waals surface area contributed by atoms with E-state index in [-0.39, 0.29) is 21.8 Å². The molecule has 2 rings (SSSR count). The fourth-order valence-electron chi connectivity index (χ4n) is 1.57. The summed E-state index contributed by atoms with van der Waals surface area (Å²) >= 11 is 5.88. The highest BCUT2D eigenvalue weighted by atomic mass is 35.5. The number of non-ortho nitro benzene ring substituents is 1. The Labute approximate surface area is 129 Å². The van der Waals surface area contributed by atoms with Crippen molar-refractivity contribution in [3.05, 3.63) is 74.5 Å². The standard InChI is InChI=1S/C14H9ClFN3O3/c15-13-6-5-12(19(21)22)7-10(13)8-17-18-14(20)9-1-3-11(16)4-2-9/h1-8H,(H,18,20)/b17-8+. The minimum absolute atomic E-state index is 0.143. The second kappa shape index (κ2) is 6.77. The molecule has 0 atom stereocenters. The summed E-state index contributed by atoms with van der Waals surface area (Å²) in [7, 11) is 0. The Morgan fingerprint density at radius 3 is 2.59 bits per heavy atom. The average molecular weight is 322 g/mol. The van der Waals surface area contributed by atoms with Crippen molar-refractivity contribution in [2.24, 2.45) is 5.10 Å². The number of hydrogen-bond donors (Lipinski definition) is 1. The van der Waals surface area contributed by atoms with Gasteiger partial charge in [-0.05, 0) is 30.3 Å². The van der Waals surface area contributed by atoms with Crippen molar-refractivity contribution in [3.63, 3.8) is 0 Å². The predicted octanol–water partition coefficient (Wildman–Crippen LogP) is 3.15. The number of hydrazone groups is 1. The van der Waals surface area contributed by atoms with Crippen molar-refractivity contribution < 1.29 is 14.1 Å². The highest BCUT2D eigenvalue weighted by Gasteiger charge is 2.08. The number of nitrogens with one attached hydrogen (secondary N) is 1. The lowest BCUT2D eigenvalue weighted by Gasteiger charge is -2.00. The summed E-state index contributed by atoms with van der Waals surface area (Å²) in [6.07, 6.45) is 1.19. The van der Waals surface area contributed by atoms with E-state index in [0.29, 0.717) is 0 Å². The number of hydrogen-bond acceptors (Lipinski definition) is 4. The van der Waals surface area contributed by atoms with E-state index >= 15 is 0 Å². The maximum Gasteiger partial charge on any atom is 0.271 e. The van der Waals surface area contributed by atoms with Crippen LogP contribution in [0.1, 0.15) is 15.9 Å². The van der Waals surface area contributed by atoms with E-state index in [1.807, 2.05) is 0 Å². The second-order valence-electron chi connectivity index (χ2n) is 4.17. The third-order valence-corrected chi connectivity index (χ3v) is 3.01. The number of rotatable bonds is 4. The van der Waals surface area contributed by atoms with Crippen molar-refractivity contribution in [3.8, 4) is 0 Å². The Morgan fingerprint density at radius 2 is 1.95 bits per heavy atom. The molecule has 0 aromatic heterocycles. The van der Waals surface area contributed by atoms with Crippen LogP contribution in [0, 0.1) is 15.9 Å². The molecular weight excluding hydrogens is 313 g/mol. The maximum atomic E-state index is 12.7. The van der Waals surface area contributed by atoms with Crippen LogP contribution in [0.2, 0.25) is 5.02 Å². The Morgan fingerprint density at radius 1 is 1.27 bits per heavy atom. The summed E-state index contributed by atoms with van der Waals surface area (Å²) in [6.45, 7) is 0. The first-order valence-corrected chi connectivity index (χ1v) is 6.38. The number of carbonyl (C=O) groups excluding carboxylic acids is 1. The van der Waals surface area contributed by atoms with E-state index in [0.717, 1.165) is 12.1 Å². The zero-order valence-corrected chi connectivity index (χ0v) is 11.7. The minimum atomic E-state index is -0.565. The van der Waals surface area contributed by atoms with Crippen LogP contribution in [0.15, 0.2) is 47.6 Å². The molecule has 0 spiro atoms. The Hall–Kier alpha value is -2.80. The van der Waals surface area contributed by atoms with E-state index in [1.165, 1.54) is 36.5 Å². The van der Waals surface area contributed by atoms with E-state index < -0.39 is 16.6 Å². The van der Waals surface area contributed by atoms with Crippen LogP contribution >= 0.6 is 11.6 Å². The molecule has 0 saturated carbocycles. The summed E-state index contributed by atoms with van der Waals surface area (Å²) in [5.74, 6) is -0.999. The van der Waals surface area contributed by atoms with Gasteiger partial charge in [-0.25, -0.2) is 9.82 Å². The molecule has 0 fully saturated rings. The summed E-state index contributed by atoms with van der Waals surface area (Å²) in [5, 5.41) is 14.6. The van der Waals surface area contributed by atoms with Gasteiger partial charge in [0.1, 0.15) is 5.82 Å². The molecule has 0 aliphatic rings. The van der Waals surface area contributed by atoms with Crippen LogP contribution in [-0.2, 0) is 0 Å². The molecule has 0 aliphatic carbocycles. The first-order valence-electron chi connectivity index (χ1n) is 6.00. The maximum absolute atomic E-state index is 12.7. The molecule has 2 aromatic carbocycles. The molecule has 0 saturated heterocycles. The summed E-state index contributed by atoms with van der Waals surface area (Å²) in [5.41, 5.74) is 2.59. The van der Waals surface area contributed by atoms with Gasteiger partial charge < -0.3 is 0 Å². The van der Waals surface area contributed by atoms with Crippen LogP contribution < -0.4 is 5.43 Å². The van der Waals surface area contributed by atoms with Crippen LogP contribution in [-0.4, -0.2) is 17.0 Å². The third-order valence-electron chi connectivity index (χ3n) is 2.67. The van der Waals surface area contributed by atoms with Gasteiger partial charge in [0.2, 0.25) is 0 Å². The van der Waals surface area contributed by atoms with Crippen molar-refractivity contribution in [1.29, 1.82) is 0 Å². The minimum Gasteiger partial charge on any atom is -0.267 e. The van der Waals surface area contributed by atoms with Gasteiger partial charge in [-0.3, -0.25) is 14.9 Å². The average Bonchev–Trinajstić information content (AvgIpc) is 2.49. The molecule has 1 N–H and O–H groups in total. The lowest BCUT2D eigenvalue weighted by Crippen LogP contribution is -2.17. The highest BCUT2D eigenvalue weighted by Crippen LogP contribution is 2.20. The van der Waals surface area contributed by atoms with Crippen molar-refractivity contribution in [2.45, 2.75) is 0 Å². The van der Waals surface area contributed by atoms with Crippen molar-refractivity contribution in [2.75, 3.05) is 0 Å². The van der Waals surface area contributed by atoms with Crippen LogP contribution in [0.4, 0.5) is 10.1 Å². The molecule has 1 amide bonds. The molecular formula is C14H9ClFN3O3. The second-order valence-corrected chi connectivity index (χ2v) is 4.58.